The van der Waals surface area contributed by atoms with Gasteiger partial charge >= 0.3 is 0 Å². The molecule has 10 nitrogen and oxygen atoms in total. The van der Waals surface area contributed by atoms with E-state index in [1.54, 1.807) is 15.6 Å². The lowest BCUT2D eigenvalue weighted by atomic mass is 10.1. The number of hydrogen-bond donors (Lipinski definition) is 0. The highest BCUT2D eigenvalue weighted by atomic mass is 16.5. The number of rotatable bonds is 4. The molecule has 35 heavy (non-hydrogen) atoms. The number of amides is 1. The number of nitrogens with zero attached hydrogens (tertiary/aromatic N) is 6. The van der Waals surface area contributed by atoms with E-state index in [-0.39, 0.29) is 11.7 Å². The Hall–Kier alpha value is -3.76. The first kappa shape index (κ1) is 21.8. The van der Waals surface area contributed by atoms with Gasteiger partial charge in [0.2, 0.25) is 0 Å². The van der Waals surface area contributed by atoms with Gasteiger partial charge in [0, 0.05) is 44.0 Å². The summed E-state index contributed by atoms with van der Waals surface area (Å²) >= 11 is 0. The average Bonchev–Trinajstić information content (AvgIpc) is 3.57. The fourth-order valence-electron chi connectivity index (χ4n) is 4.42. The Morgan fingerprint density at radius 1 is 0.943 bits per heavy atom. The number of furan rings is 1. The Morgan fingerprint density at radius 2 is 1.71 bits per heavy atom. The van der Waals surface area contributed by atoms with E-state index in [4.69, 9.17) is 29.0 Å². The third-order valence-electron chi connectivity index (χ3n) is 6.27. The van der Waals surface area contributed by atoms with Crippen LogP contribution in [0.5, 0.6) is 0 Å². The van der Waals surface area contributed by atoms with E-state index in [2.05, 4.69) is 24.0 Å². The van der Waals surface area contributed by atoms with Gasteiger partial charge in [0.25, 0.3) is 11.9 Å². The van der Waals surface area contributed by atoms with Gasteiger partial charge in [0.1, 0.15) is 5.52 Å². The Bertz CT molecular complexity index is 1370. The summed E-state index contributed by atoms with van der Waals surface area (Å²) in [4.78, 5) is 26.5. The van der Waals surface area contributed by atoms with Crippen molar-refractivity contribution < 1.29 is 18.7 Å². The van der Waals surface area contributed by atoms with Crippen LogP contribution in [-0.4, -0.2) is 83.2 Å². The Labute approximate surface area is 202 Å². The van der Waals surface area contributed by atoms with Gasteiger partial charge in [-0.2, -0.15) is 10.1 Å². The van der Waals surface area contributed by atoms with Crippen LogP contribution < -0.4 is 4.90 Å². The van der Waals surface area contributed by atoms with Crippen LogP contribution in [0.1, 0.15) is 16.1 Å². The number of anilines is 1. The molecule has 0 saturated carbocycles. The molecular weight excluding hydrogens is 448 g/mol. The second-order valence-corrected chi connectivity index (χ2v) is 8.69. The van der Waals surface area contributed by atoms with Crippen LogP contribution in [0.25, 0.3) is 28.3 Å². The van der Waals surface area contributed by atoms with Gasteiger partial charge < -0.3 is 23.7 Å². The fourth-order valence-corrected chi connectivity index (χ4v) is 4.42. The molecule has 0 N–H and O–H groups in total. The Kier molecular flexibility index (Phi) is 5.67. The van der Waals surface area contributed by atoms with Crippen LogP contribution in [0.15, 0.2) is 47.0 Å². The third kappa shape index (κ3) is 4.26. The summed E-state index contributed by atoms with van der Waals surface area (Å²) in [5, 5.41) is 4.73. The summed E-state index contributed by atoms with van der Waals surface area (Å²) in [7, 11) is 0. The topological polar surface area (TPSA) is 98.8 Å². The van der Waals surface area contributed by atoms with Crippen LogP contribution in [0, 0.1) is 6.92 Å². The number of carbonyl (C=O) groups is 1. The summed E-state index contributed by atoms with van der Waals surface area (Å²) in [6.07, 6.45) is 1.85. The molecule has 1 aromatic carbocycles. The molecule has 0 spiro atoms. The van der Waals surface area contributed by atoms with Crippen molar-refractivity contribution in [3.8, 4) is 17.2 Å². The summed E-state index contributed by atoms with van der Waals surface area (Å²) < 4.78 is 18.6. The Morgan fingerprint density at radius 3 is 2.49 bits per heavy atom. The lowest BCUT2D eigenvalue weighted by Crippen LogP contribution is -2.40. The molecule has 2 fully saturated rings. The minimum Gasteiger partial charge on any atom is -0.445 e. The molecule has 10 heteroatoms. The van der Waals surface area contributed by atoms with Gasteiger partial charge in [-0.05, 0) is 19.1 Å². The number of aryl methyl sites for hydroxylation is 1. The van der Waals surface area contributed by atoms with Gasteiger partial charge in [0.05, 0.1) is 32.1 Å². The molecule has 0 radical (unpaired) electrons. The molecule has 0 unspecified atom stereocenters. The highest BCUT2D eigenvalue weighted by Gasteiger charge is 2.26. The number of fused-ring (bicyclic) bond motifs is 1. The molecule has 3 aromatic heterocycles. The molecule has 4 aromatic rings. The smallest absolute Gasteiger partial charge is 0.289 e. The number of benzene rings is 1. The standard InChI is InChI=1S/C25H26N6O4/c1-17-3-2-4-18(15-17)19-5-6-31(28-19)25-26-20-16-21(24(32)30-9-13-34-14-10-30)35-22(20)23(27-25)29-7-11-33-12-8-29/h2-6,15-16H,7-14H2,1H3. The molecular formula is C25H26N6O4. The van der Waals surface area contributed by atoms with Crippen molar-refractivity contribution in [3.63, 3.8) is 0 Å². The predicted octanol–water partition coefficient (Wildman–Crippen LogP) is 2.69. The van der Waals surface area contributed by atoms with Crippen molar-refractivity contribution in [2.45, 2.75) is 6.92 Å². The first-order valence-electron chi connectivity index (χ1n) is 11.8. The lowest BCUT2D eigenvalue weighted by Gasteiger charge is -2.27. The second-order valence-electron chi connectivity index (χ2n) is 8.69. The second kappa shape index (κ2) is 9.12. The number of hydrogen-bond acceptors (Lipinski definition) is 8. The van der Waals surface area contributed by atoms with Crippen LogP contribution in [0.2, 0.25) is 0 Å². The van der Waals surface area contributed by atoms with Crippen molar-refractivity contribution in [1.29, 1.82) is 0 Å². The van der Waals surface area contributed by atoms with E-state index >= 15 is 0 Å². The van der Waals surface area contributed by atoms with Crippen LogP contribution >= 0.6 is 0 Å². The molecule has 1 amide bonds. The van der Waals surface area contributed by atoms with Gasteiger partial charge in [-0.3, -0.25) is 4.79 Å². The van der Waals surface area contributed by atoms with E-state index in [0.29, 0.717) is 75.5 Å². The largest absolute Gasteiger partial charge is 0.445 e. The lowest BCUT2D eigenvalue weighted by molar-refractivity contribution is 0.0284. The molecule has 2 aliphatic rings. The summed E-state index contributed by atoms with van der Waals surface area (Å²) in [6, 6.07) is 11.8. The summed E-state index contributed by atoms with van der Waals surface area (Å²) in [5.41, 5.74) is 4.10. The maximum Gasteiger partial charge on any atom is 0.289 e. The molecule has 2 aliphatic heterocycles. The number of morpholine rings is 2. The van der Waals surface area contributed by atoms with Crippen molar-refractivity contribution in [3.05, 3.63) is 53.9 Å². The van der Waals surface area contributed by atoms with Gasteiger partial charge in [0.15, 0.2) is 17.2 Å². The van der Waals surface area contributed by atoms with Crippen molar-refractivity contribution >= 4 is 22.8 Å². The van der Waals surface area contributed by atoms with Gasteiger partial charge in [-0.1, -0.05) is 23.8 Å². The number of ether oxygens (including phenoxy) is 2. The zero-order valence-corrected chi connectivity index (χ0v) is 19.5. The zero-order valence-electron chi connectivity index (χ0n) is 19.5. The molecule has 6 rings (SSSR count). The quantitative estimate of drug-likeness (QED) is 0.445. The van der Waals surface area contributed by atoms with E-state index in [1.807, 2.05) is 24.4 Å². The summed E-state index contributed by atoms with van der Waals surface area (Å²) in [6.45, 7) is 6.73. The van der Waals surface area contributed by atoms with E-state index < -0.39 is 0 Å². The van der Waals surface area contributed by atoms with Gasteiger partial charge in [-0.15, -0.1) is 0 Å². The van der Waals surface area contributed by atoms with Crippen LogP contribution in [-0.2, 0) is 9.47 Å². The maximum atomic E-state index is 13.1. The molecule has 2 saturated heterocycles. The minimum absolute atomic E-state index is 0.165. The normalized spacial score (nSPS) is 16.7. The minimum atomic E-state index is -0.165. The van der Waals surface area contributed by atoms with Crippen molar-refractivity contribution in [1.82, 2.24) is 24.6 Å². The van der Waals surface area contributed by atoms with E-state index in [9.17, 15) is 4.79 Å². The maximum absolute atomic E-state index is 13.1. The third-order valence-corrected chi connectivity index (χ3v) is 6.27. The van der Waals surface area contributed by atoms with Crippen LogP contribution in [0.4, 0.5) is 5.82 Å². The monoisotopic (exact) mass is 474 g/mol. The molecule has 0 atom stereocenters. The average molecular weight is 475 g/mol. The molecule has 0 aliphatic carbocycles. The van der Waals surface area contributed by atoms with E-state index in [1.165, 1.54) is 5.56 Å². The highest BCUT2D eigenvalue weighted by molar-refractivity contribution is 5.97. The number of carbonyl (C=O) groups excluding carboxylic acids is 1. The zero-order chi connectivity index (χ0) is 23.8. The van der Waals surface area contributed by atoms with Crippen LogP contribution in [0.3, 0.4) is 0 Å². The predicted molar refractivity (Wildman–Crippen MR) is 129 cm³/mol. The van der Waals surface area contributed by atoms with Gasteiger partial charge in [-0.25, -0.2) is 9.67 Å². The molecule has 180 valence electrons. The number of aromatic nitrogens is 4. The van der Waals surface area contributed by atoms with E-state index in [0.717, 1.165) is 11.3 Å². The SMILES string of the molecule is Cc1cccc(-c2ccn(-c3nc(N4CCOCC4)c4oc(C(=O)N5CCOCC5)cc4n3)n2)c1. The Balaban J connectivity index is 1.41. The highest BCUT2D eigenvalue weighted by Crippen LogP contribution is 2.30. The fraction of sp³-hybridized carbons (Fsp3) is 0.360. The molecule has 0 bridgehead atoms. The first-order chi connectivity index (χ1) is 17.2. The summed E-state index contributed by atoms with van der Waals surface area (Å²) in [5.74, 6) is 1.15. The first-order valence-corrected chi connectivity index (χ1v) is 11.8. The molecule has 5 heterocycles. The van der Waals surface area contributed by atoms with Crippen molar-refractivity contribution in [2.75, 3.05) is 57.5 Å². The van der Waals surface area contributed by atoms with Crippen molar-refractivity contribution in [2.24, 2.45) is 0 Å².